The molecule has 0 spiro atoms. The van der Waals surface area contributed by atoms with E-state index in [2.05, 4.69) is 36.3 Å². The van der Waals surface area contributed by atoms with Crippen molar-refractivity contribution in [3.05, 3.63) is 29.6 Å². The number of nitrogens with zero attached hydrogens (tertiary/aromatic N) is 1. The van der Waals surface area contributed by atoms with E-state index in [1.165, 1.54) is 30.5 Å². The molecule has 1 heterocycles. The Morgan fingerprint density at radius 1 is 1.24 bits per heavy atom. The molecule has 1 aliphatic rings. The monoisotopic (exact) mass is 290 g/mol. The Balaban J connectivity index is 2.12. The van der Waals surface area contributed by atoms with Gasteiger partial charge in [-0.1, -0.05) is 39.2 Å². The van der Waals surface area contributed by atoms with Crippen molar-refractivity contribution in [2.75, 3.05) is 13.7 Å². The number of nitrogens with one attached hydrogen (secondary N) is 1. The summed E-state index contributed by atoms with van der Waals surface area (Å²) in [6, 6.07) is 4.73. The maximum atomic E-state index is 6.02. The number of pyridine rings is 1. The molecule has 0 aromatic carbocycles. The second-order valence-electron chi connectivity index (χ2n) is 6.16. The Hall–Kier alpha value is -0.930. The molecule has 1 aliphatic carbocycles. The molecule has 0 amide bonds. The smallest absolute Gasteiger partial charge is 0.0834 e. The van der Waals surface area contributed by atoms with Crippen molar-refractivity contribution in [1.82, 2.24) is 10.3 Å². The number of methoxy groups -OCH3 is 1. The van der Waals surface area contributed by atoms with Crippen molar-refractivity contribution in [2.24, 2.45) is 0 Å². The van der Waals surface area contributed by atoms with Crippen LogP contribution in [-0.4, -0.2) is 30.3 Å². The summed E-state index contributed by atoms with van der Waals surface area (Å²) in [6.45, 7) is 5.32. The Kier molecular flexibility index (Phi) is 6.19. The highest BCUT2D eigenvalue weighted by Gasteiger charge is 2.39. The van der Waals surface area contributed by atoms with Crippen LogP contribution in [-0.2, 0) is 17.6 Å². The van der Waals surface area contributed by atoms with Gasteiger partial charge in [0.1, 0.15) is 0 Å². The first-order valence-corrected chi connectivity index (χ1v) is 8.46. The van der Waals surface area contributed by atoms with Crippen molar-refractivity contribution in [3.63, 3.8) is 0 Å². The molecule has 118 valence electrons. The van der Waals surface area contributed by atoms with Crippen LogP contribution < -0.4 is 5.32 Å². The third kappa shape index (κ3) is 4.04. The van der Waals surface area contributed by atoms with Gasteiger partial charge in [-0.25, -0.2) is 0 Å². The fraction of sp³-hybridized carbons (Fsp3) is 0.722. The number of aromatic nitrogens is 1. The summed E-state index contributed by atoms with van der Waals surface area (Å²) in [7, 11) is 1.88. The van der Waals surface area contributed by atoms with Crippen LogP contribution in [0, 0.1) is 0 Å². The summed E-state index contributed by atoms with van der Waals surface area (Å²) < 4.78 is 6.02. The first-order valence-electron chi connectivity index (χ1n) is 8.46. The van der Waals surface area contributed by atoms with Crippen molar-refractivity contribution in [2.45, 2.75) is 70.4 Å². The third-order valence-corrected chi connectivity index (χ3v) is 4.90. The fourth-order valence-corrected chi connectivity index (χ4v) is 3.53. The zero-order valence-electron chi connectivity index (χ0n) is 13.8. The van der Waals surface area contributed by atoms with Crippen LogP contribution in [0.15, 0.2) is 18.3 Å². The molecular formula is C18H30N2O. The van der Waals surface area contributed by atoms with Crippen LogP contribution in [0.2, 0.25) is 0 Å². The normalized spacial score (nSPS) is 19.4. The molecular weight excluding hydrogens is 260 g/mol. The average Bonchev–Trinajstić information content (AvgIpc) is 2.56. The van der Waals surface area contributed by atoms with Crippen LogP contribution in [0.4, 0.5) is 0 Å². The molecule has 3 heteroatoms. The van der Waals surface area contributed by atoms with E-state index in [-0.39, 0.29) is 5.60 Å². The summed E-state index contributed by atoms with van der Waals surface area (Å²) >= 11 is 0. The SMILES string of the molecule is CCNC(Cc1ccc(CC)cn1)C1(OC)CCCCC1. The van der Waals surface area contributed by atoms with Gasteiger partial charge in [-0.2, -0.15) is 0 Å². The third-order valence-electron chi connectivity index (χ3n) is 4.90. The highest BCUT2D eigenvalue weighted by molar-refractivity contribution is 5.16. The van der Waals surface area contributed by atoms with Gasteiger partial charge in [-0.3, -0.25) is 4.98 Å². The molecule has 1 atom stereocenters. The molecule has 1 aromatic heterocycles. The zero-order valence-corrected chi connectivity index (χ0v) is 13.8. The van der Waals surface area contributed by atoms with Gasteiger partial charge in [0, 0.05) is 31.5 Å². The van der Waals surface area contributed by atoms with Crippen LogP contribution in [0.3, 0.4) is 0 Å². The van der Waals surface area contributed by atoms with E-state index in [1.807, 2.05) is 13.3 Å². The molecule has 0 aliphatic heterocycles. The summed E-state index contributed by atoms with van der Waals surface area (Å²) in [5, 5.41) is 3.66. The molecule has 1 aromatic rings. The minimum absolute atomic E-state index is 0.0145. The fourth-order valence-electron chi connectivity index (χ4n) is 3.53. The number of hydrogen-bond acceptors (Lipinski definition) is 3. The number of rotatable bonds is 7. The van der Waals surface area contributed by atoms with E-state index in [9.17, 15) is 0 Å². The maximum absolute atomic E-state index is 6.02. The standard InChI is InChI=1S/C18H30N2O/c1-4-15-9-10-16(20-14-15)13-17(19-5-2)18(21-3)11-7-6-8-12-18/h9-10,14,17,19H,4-8,11-13H2,1-3H3. The Bertz CT molecular complexity index is 410. The largest absolute Gasteiger partial charge is 0.377 e. The predicted octanol–water partition coefficient (Wildman–Crippen LogP) is 3.51. The van der Waals surface area contributed by atoms with E-state index in [4.69, 9.17) is 4.74 Å². The lowest BCUT2D eigenvalue weighted by molar-refractivity contribution is -0.0671. The van der Waals surface area contributed by atoms with Gasteiger partial charge in [-0.15, -0.1) is 0 Å². The van der Waals surface area contributed by atoms with Crippen LogP contribution >= 0.6 is 0 Å². The van der Waals surface area contributed by atoms with Gasteiger partial charge in [0.05, 0.1) is 5.60 Å². The minimum atomic E-state index is -0.0145. The highest BCUT2D eigenvalue weighted by atomic mass is 16.5. The lowest BCUT2D eigenvalue weighted by atomic mass is 9.77. The minimum Gasteiger partial charge on any atom is -0.377 e. The van der Waals surface area contributed by atoms with Crippen LogP contribution in [0.1, 0.15) is 57.2 Å². The van der Waals surface area contributed by atoms with Crippen molar-refractivity contribution < 1.29 is 4.74 Å². The molecule has 0 saturated heterocycles. The Labute approximate surface area is 129 Å². The van der Waals surface area contributed by atoms with E-state index < -0.39 is 0 Å². The summed E-state index contributed by atoms with van der Waals surface area (Å²) in [6.07, 6.45) is 10.2. The molecule has 1 saturated carbocycles. The molecule has 21 heavy (non-hydrogen) atoms. The summed E-state index contributed by atoms with van der Waals surface area (Å²) in [4.78, 5) is 4.64. The number of likely N-dealkylation sites (N-methyl/N-ethyl adjacent to an activating group) is 1. The summed E-state index contributed by atoms with van der Waals surface area (Å²) in [5.41, 5.74) is 2.46. The summed E-state index contributed by atoms with van der Waals surface area (Å²) in [5.74, 6) is 0. The molecule has 1 unspecified atom stereocenters. The van der Waals surface area contributed by atoms with Gasteiger partial charge in [-0.05, 0) is 37.4 Å². The van der Waals surface area contributed by atoms with Gasteiger partial charge in [0.15, 0.2) is 0 Å². The molecule has 1 N–H and O–H groups in total. The second-order valence-corrected chi connectivity index (χ2v) is 6.16. The number of aryl methyl sites for hydroxylation is 1. The Morgan fingerprint density at radius 3 is 2.52 bits per heavy atom. The van der Waals surface area contributed by atoms with Gasteiger partial charge < -0.3 is 10.1 Å². The first kappa shape index (κ1) is 16.4. The number of hydrogen-bond donors (Lipinski definition) is 1. The van der Waals surface area contributed by atoms with Crippen LogP contribution in [0.25, 0.3) is 0 Å². The van der Waals surface area contributed by atoms with Crippen molar-refractivity contribution in [3.8, 4) is 0 Å². The quantitative estimate of drug-likeness (QED) is 0.834. The Morgan fingerprint density at radius 2 is 2.00 bits per heavy atom. The lowest BCUT2D eigenvalue weighted by Gasteiger charge is -2.43. The van der Waals surface area contributed by atoms with Crippen LogP contribution in [0.5, 0.6) is 0 Å². The van der Waals surface area contributed by atoms with Gasteiger partial charge >= 0.3 is 0 Å². The van der Waals surface area contributed by atoms with E-state index in [1.54, 1.807) is 0 Å². The molecule has 1 fully saturated rings. The van der Waals surface area contributed by atoms with E-state index in [0.717, 1.165) is 32.2 Å². The highest BCUT2D eigenvalue weighted by Crippen LogP contribution is 2.35. The zero-order chi connectivity index (χ0) is 15.1. The molecule has 3 nitrogen and oxygen atoms in total. The molecule has 2 rings (SSSR count). The first-order chi connectivity index (χ1) is 10.2. The van der Waals surface area contributed by atoms with Gasteiger partial charge in [0.25, 0.3) is 0 Å². The number of ether oxygens (including phenoxy) is 1. The predicted molar refractivity (Wildman–Crippen MR) is 87.6 cm³/mol. The van der Waals surface area contributed by atoms with E-state index >= 15 is 0 Å². The topological polar surface area (TPSA) is 34.2 Å². The van der Waals surface area contributed by atoms with Crippen molar-refractivity contribution >= 4 is 0 Å². The second kappa shape index (κ2) is 7.90. The van der Waals surface area contributed by atoms with E-state index in [0.29, 0.717) is 6.04 Å². The maximum Gasteiger partial charge on any atom is 0.0834 e. The molecule has 0 bridgehead atoms. The van der Waals surface area contributed by atoms with Gasteiger partial charge in [0.2, 0.25) is 0 Å². The lowest BCUT2D eigenvalue weighted by Crippen LogP contribution is -2.54. The average molecular weight is 290 g/mol. The molecule has 0 radical (unpaired) electrons. The van der Waals surface area contributed by atoms with Crippen molar-refractivity contribution in [1.29, 1.82) is 0 Å².